The van der Waals surface area contributed by atoms with E-state index >= 15 is 0 Å². The highest BCUT2D eigenvalue weighted by Gasteiger charge is 2.13. The number of anilines is 3. The molecule has 2 aromatic carbocycles. The SMILES string of the molecule is Cc1ccc(Nc2nc(N)nc(CS[C@@H](C)c3cccc([N+](=O)[O-])c3)n2)cc1. The van der Waals surface area contributed by atoms with Gasteiger partial charge in [-0.1, -0.05) is 29.8 Å². The third kappa shape index (κ3) is 5.17. The highest BCUT2D eigenvalue weighted by Crippen LogP contribution is 2.32. The van der Waals surface area contributed by atoms with E-state index < -0.39 is 4.92 Å². The van der Waals surface area contributed by atoms with Gasteiger partial charge in [-0.2, -0.15) is 15.0 Å². The predicted molar refractivity (Wildman–Crippen MR) is 112 cm³/mol. The summed E-state index contributed by atoms with van der Waals surface area (Å²) in [6, 6.07) is 14.5. The number of hydrogen-bond donors (Lipinski definition) is 2. The number of nitrogens with two attached hydrogens (primary N) is 1. The van der Waals surface area contributed by atoms with E-state index in [1.54, 1.807) is 23.9 Å². The van der Waals surface area contributed by atoms with Gasteiger partial charge in [-0.25, -0.2) is 0 Å². The molecule has 1 aromatic heterocycles. The Hall–Kier alpha value is -3.20. The lowest BCUT2D eigenvalue weighted by Crippen LogP contribution is -2.07. The molecule has 9 heteroatoms. The highest BCUT2D eigenvalue weighted by molar-refractivity contribution is 7.98. The number of aryl methyl sites for hydroxylation is 1. The number of benzene rings is 2. The molecule has 0 saturated heterocycles. The molecule has 3 N–H and O–H groups in total. The molecule has 0 spiro atoms. The van der Waals surface area contributed by atoms with Crippen LogP contribution in [0.15, 0.2) is 48.5 Å². The van der Waals surface area contributed by atoms with E-state index in [1.165, 1.54) is 6.07 Å². The second-order valence-electron chi connectivity index (χ2n) is 6.23. The average molecular weight is 396 g/mol. The molecule has 0 unspecified atom stereocenters. The van der Waals surface area contributed by atoms with Crippen molar-refractivity contribution in [3.8, 4) is 0 Å². The van der Waals surface area contributed by atoms with Crippen LogP contribution in [-0.2, 0) is 5.75 Å². The number of nitro benzene ring substituents is 1. The molecule has 0 aliphatic heterocycles. The fraction of sp³-hybridized carbons (Fsp3) is 0.211. The van der Waals surface area contributed by atoms with Gasteiger partial charge in [-0.15, -0.1) is 11.8 Å². The van der Waals surface area contributed by atoms with Gasteiger partial charge in [0.15, 0.2) is 0 Å². The molecular formula is C19H20N6O2S. The van der Waals surface area contributed by atoms with Gasteiger partial charge in [0.1, 0.15) is 5.82 Å². The molecular weight excluding hydrogens is 376 g/mol. The number of nitrogens with zero attached hydrogens (tertiary/aromatic N) is 4. The predicted octanol–water partition coefficient (Wildman–Crippen LogP) is 4.41. The molecule has 1 heterocycles. The van der Waals surface area contributed by atoms with Crippen molar-refractivity contribution in [1.29, 1.82) is 0 Å². The van der Waals surface area contributed by atoms with Crippen LogP contribution in [0, 0.1) is 17.0 Å². The third-order valence-corrected chi connectivity index (χ3v) is 5.22. The molecule has 144 valence electrons. The van der Waals surface area contributed by atoms with Crippen LogP contribution in [0.3, 0.4) is 0 Å². The quantitative estimate of drug-likeness (QED) is 0.445. The van der Waals surface area contributed by atoms with Gasteiger partial charge in [0.05, 0.1) is 10.7 Å². The first-order chi connectivity index (χ1) is 13.4. The van der Waals surface area contributed by atoms with Crippen LogP contribution in [0.2, 0.25) is 0 Å². The van der Waals surface area contributed by atoms with E-state index in [9.17, 15) is 10.1 Å². The highest BCUT2D eigenvalue weighted by atomic mass is 32.2. The minimum Gasteiger partial charge on any atom is -0.368 e. The van der Waals surface area contributed by atoms with Crippen LogP contribution in [0.1, 0.15) is 29.1 Å². The summed E-state index contributed by atoms with van der Waals surface area (Å²) in [5.74, 6) is 1.57. The third-order valence-electron chi connectivity index (χ3n) is 4.02. The Morgan fingerprint density at radius 3 is 2.64 bits per heavy atom. The van der Waals surface area contributed by atoms with E-state index in [0.29, 0.717) is 17.5 Å². The van der Waals surface area contributed by atoms with Crippen LogP contribution in [0.5, 0.6) is 0 Å². The maximum absolute atomic E-state index is 10.9. The monoisotopic (exact) mass is 396 g/mol. The smallest absolute Gasteiger partial charge is 0.269 e. The maximum Gasteiger partial charge on any atom is 0.269 e. The van der Waals surface area contributed by atoms with Gasteiger partial charge in [0, 0.05) is 23.1 Å². The lowest BCUT2D eigenvalue weighted by molar-refractivity contribution is -0.384. The number of hydrogen-bond acceptors (Lipinski definition) is 8. The van der Waals surface area contributed by atoms with Gasteiger partial charge in [-0.3, -0.25) is 10.1 Å². The van der Waals surface area contributed by atoms with Crippen LogP contribution >= 0.6 is 11.8 Å². The number of non-ortho nitro benzene ring substituents is 1. The number of nitrogens with one attached hydrogen (secondary N) is 1. The second kappa shape index (κ2) is 8.66. The molecule has 0 bridgehead atoms. The molecule has 28 heavy (non-hydrogen) atoms. The zero-order valence-electron chi connectivity index (χ0n) is 15.5. The van der Waals surface area contributed by atoms with Crippen molar-refractivity contribution in [2.24, 2.45) is 0 Å². The average Bonchev–Trinajstić information content (AvgIpc) is 2.67. The van der Waals surface area contributed by atoms with Crippen molar-refractivity contribution in [3.63, 3.8) is 0 Å². The van der Waals surface area contributed by atoms with E-state index in [2.05, 4.69) is 20.3 Å². The Morgan fingerprint density at radius 1 is 1.18 bits per heavy atom. The first-order valence-electron chi connectivity index (χ1n) is 8.61. The van der Waals surface area contributed by atoms with Gasteiger partial charge in [0.2, 0.25) is 11.9 Å². The number of thioether (sulfide) groups is 1. The molecule has 8 nitrogen and oxygen atoms in total. The fourth-order valence-electron chi connectivity index (χ4n) is 2.51. The fourth-order valence-corrected chi connectivity index (χ4v) is 3.38. The summed E-state index contributed by atoms with van der Waals surface area (Å²) in [4.78, 5) is 23.3. The lowest BCUT2D eigenvalue weighted by atomic mass is 10.1. The first kappa shape index (κ1) is 19.6. The van der Waals surface area contributed by atoms with Gasteiger partial charge < -0.3 is 11.1 Å². The van der Waals surface area contributed by atoms with Crippen molar-refractivity contribution < 1.29 is 4.92 Å². The van der Waals surface area contributed by atoms with Crippen LogP contribution in [0.4, 0.5) is 23.3 Å². The molecule has 3 rings (SSSR count). The first-order valence-corrected chi connectivity index (χ1v) is 9.65. The number of nitro groups is 1. The van der Waals surface area contributed by atoms with Crippen molar-refractivity contribution >= 4 is 35.0 Å². The molecule has 3 aromatic rings. The van der Waals surface area contributed by atoms with Gasteiger partial charge in [0.25, 0.3) is 5.69 Å². The van der Waals surface area contributed by atoms with Gasteiger partial charge in [-0.05, 0) is 31.5 Å². The second-order valence-corrected chi connectivity index (χ2v) is 7.56. The summed E-state index contributed by atoms with van der Waals surface area (Å²) in [6.45, 7) is 4.00. The molecule has 1 atom stereocenters. The Balaban J connectivity index is 1.68. The number of rotatable bonds is 7. The van der Waals surface area contributed by atoms with E-state index in [-0.39, 0.29) is 16.9 Å². The number of nitrogen functional groups attached to an aromatic ring is 1. The summed E-state index contributed by atoms with van der Waals surface area (Å²) in [5.41, 5.74) is 8.80. The van der Waals surface area contributed by atoms with E-state index in [4.69, 9.17) is 5.73 Å². The Morgan fingerprint density at radius 2 is 1.93 bits per heavy atom. The van der Waals surface area contributed by atoms with Crippen LogP contribution < -0.4 is 11.1 Å². The molecule has 0 fully saturated rings. The topological polar surface area (TPSA) is 120 Å². The molecule has 0 saturated carbocycles. The summed E-state index contributed by atoms with van der Waals surface area (Å²) in [7, 11) is 0. The summed E-state index contributed by atoms with van der Waals surface area (Å²) >= 11 is 1.57. The summed E-state index contributed by atoms with van der Waals surface area (Å²) in [5, 5.41) is 14.1. The van der Waals surface area contributed by atoms with E-state index in [1.807, 2.05) is 44.2 Å². The Bertz CT molecular complexity index is 980. The zero-order chi connectivity index (χ0) is 20.1. The van der Waals surface area contributed by atoms with Crippen molar-refractivity contribution in [2.45, 2.75) is 24.9 Å². The molecule has 0 radical (unpaired) electrons. The van der Waals surface area contributed by atoms with E-state index in [0.717, 1.165) is 16.8 Å². The molecule has 0 aliphatic rings. The van der Waals surface area contributed by atoms with Gasteiger partial charge >= 0.3 is 0 Å². The van der Waals surface area contributed by atoms with Crippen molar-refractivity contribution in [1.82, 2.24) is 15.0 Å². The van der Waals surface area contributed by atoms with Crippen molar-refractivity contribution in [2.75, 3.05) is 11.1 Å². The molecule has 0 aliphatic carbocycles. The summed E-state index contributed by atoms with van der Waals surface area (Å²) < 4.78 is 0. The Labute approximate surface area is 166 Å². The normalized spacial score (nSPS) is 11.8. The largest absolute Gasteiger partial charge is 0.368 e. The number of aromatic nitrogens is 3. The minimum atomic E-state index is -0.392. The van der Waals surface area contributed by atoms with Crippen molar-refractivity contribution in [3.05, 3.63) is 75.6 Å². The Kier molecular flexibility index (Phi) is 6.05. The van der Waals surface area contributed by atoms with Crippen LogP contribution in [0.25, 0.3) is 0 Å². The standard InChI is InChI=1S/C19H20N6O2S/c1-12-6-8-15(9-7-12)21-19-23-17(22-18(20)24-19)11-28-13(2)14-4-3-5-16(10-14)25(26)27/h3-10,13H,11H2,1-2H3,(H3,20,21,22,23,24)/t13-/m0/s1. The lowest BCUT2D eigenvalue weighted by Gasteiger charge is -2.12. The zero-order valence-corrected chi connectivity index (χ0v) is 16.3. The van der Waals surface area contributed by atoms with Crippen LogP contribution in [-0.4, -0.2) is 19.9 Å². The maximum atomic E-state index is 10.9. The summed E-state index contributed by atoms with van der Waals surface area (Å²) in [6.07, 6.45) is 0. The molecule has 0 amide bonds. The minimum absolute atomic E-state index is 0.0337.